The van der Waals surface area contributed by atoms with Crippen LogP contribution in [0.5, 0.6) is 0 Å². The average molecular weight is 343 g/mol. The number of aromatic nitrogens is 3. The normalized spacial score (nSPS) is 16.8. The second-order valence-corrected chi connectivity index (χ2v) is 6.41. The predicted octanol–water partition coefficient (Wildman–Crippen LogP) is 0.855. The lowest BCUT2D eigenvalue weighted by molar-refractivity contribution is 0.0523. The zero-order valence-corrected chi connectivity index (χ0v) is 14.6. The Morgan fingerprint density at radius 3 is 2.68 bits per heavy atom. The number of nitrogens with zero attached hydrogens (tertiary/aromatic N) is 5. The SMILES string of the molecule is CCC(O)CN1CCN(C(=O)c2ccccc2Cn2cncn2)CC1. The van der Waals surface area contributed by atoms with E-state index >= 15 is 0 Å². The van der Waals surface area contributed by atoms with Crippen LogP contribution in [0.1, 0.15) is 29.3 Å². The van der Waals surface area contributed by atoms with Crippen LogP contribution in [-0.2, 0) is 6.54 Å². The third-order valence-electron chi connectivity index (χ3n) is 4.65. The highest BCUT2D eigenvalue weighted by Gasteiger charge is 2.24. The number of amides is 1. The molecule has 0 bridgehead atoms. The van der Waals surface area contributed by atoms with Gasteiger partial charge in [0.15, 0.2) is 0 Å². The molecule has 0 radical (unpaired) electrons. The fourth-order valence-corrected chi connectivity index (χ4v) is 3.09. The van der Waals surface area contributed by atoms with Gasteiger partial charge in [0.1, 0.15) is 12.7 Å². The molecule has 25 heavy (non-hydrogen) atoms. The van der Waals surface area contributed by atoms with E-state index in [1.807, 2.05) is 36.1 Å². The van der Waals surface area contributed by atoms with Crippen LogP contribution in [-0.4, -0.2) is 74.4 Å². The van der Waals surface area contributed by atoms with Crippen molar-refractivity contribution >= 4 is 5.91 Å². The molecular formula is C18H25N5O2. The van der Waals surface area contributed by atoms with Gasteiger partial charge in [0.2, 0.25) is 0 Å². The fourth-order valence-electron chi connectivity index (χ4n) is 3.09. The second kappa shape index (κ2) is 8.22. The monoisotopic (exact) mass is 343 g/mol. The van der Waals surface area contributed by atoms with Crippen molar-refractivity contribution in [3.05, 3.63) is 48.0 Å². The lowest BCUT2D eigenvalue weighted by Crippen LogP contribution is -2.50. The van der Waals surface area contributed by atoms with Crippen LogP contribution in [0.25, 0.3) is 0 Å². The summed E-state index contributed by atoms with van der Waals surface area (Å²) in [5.74, 6) is 0.0615. The average Bonchev–Trinajstić information content (AvgIpc) is 3.15. The molecule has 1 aliphatic heterocycles. The van der Waals surface area contributed by atoms with Crippen molar-refractivity contribution in [3.63, 3.8) is 0 Å². The molecule has 1 atom stereocenters. The maximum atomic E-state index is 12.9. The van der Waals surface area contributed by atoms with Crippen molar-refractivity contribution in [2.75, 3.05) is 32.7 Å². The number of aliphatic hydroxyl groups excluding tert-OH is 1. The van der Waals surface area contributed by atoms with Crippen LogP contribution >= 0.6 is 0 Å². The fraction of sp³-hybridized carbons (Fsp3) is 0.500. The van der Waals surface area contributed by atoms with E-state index in [-0.39, 0.29) is 12.0 Å². The lowest BCUT2D eigenvalue weighted by Gasteiger charge is -2.35. The summed E-state index contributed by atoms with van der Waals surface area (Å²) in [6, 6.07) is 7.67. The van der Waals surface area contributed by atoms with Gasteiger partial charge >= 0.3 is 0 Å². The van der Waals surface area contributed by atoms with Gasteiger partial charge in [-0.25, -0.2) is 9.67 Å². The van der Waals surface area contributed by atoms with Crippen molar-refractivity contribution in [1.29, 1.82) is 0 Å². The molecule has 1 unspecified atom stereocenters. The van der Waals surface area contributed by atoms with E-state index in [2.05, 4.69) is 15.0 Å². The van der Waals surface area contributed by atoms with Crippen LogP contribution in [0, 0.1) is 0 Å². The zero-order valence-electron chi connectivity index (χ0n) is 14.6. The number of benzene rings is 1. The van der Waals surface area contributed by atoms with E-state index in [4.69, 9.17) is 0 Å². The van der Waals surface area contributed by atoms with E-state index in [9.17, 15) is 9.90 Å². The first-order valence-electron chi connectivity index (χ1n) is 8.77. The Morgan fingerprint density at radius 1 is 1.24 bits per heavy atom. The highest BCUT2D eigenvalue weighted by atomic mass is 16.3. The molecule has 2 heterocycles. The van der Waals surface area contributed by atoms with Crippen molar-refractivity contribution < 1.29 is 9.90 Å². The van der Waals surface area contributed by atoms with Crippen molar-refractivity contribution in [2.24, 2.45) is 0 Å². The van der Waals surface area contributed by atoms with Crippen LogP contribution in [0.3, 0.4) is 0 Å². The Labute approximate surface area is 147 Å². The van der Waals surface area contributed by atoms with Gasteiger partial charge in [0, 0.05) is 38.3 Å². The summed E-state index contributed by atoms with van der Waals surface area (Å²) in [5, 5.41) is 13.9. The molecule has 1 amide bonds. The third kappa shape index (κ3) is 4.43. The van der Waals surface area contributed by atoms with Crippen molar-refractivity contribution in [3.8, 4) is 0 Å². The molecular weight excluding hydrogens is 318 g/mol. The van der Waals surface area contributed by atoms with Gasteiger partial charge in [0.05, 0.1) is 12.6 Å². The highest BCUT2D eigenvalue weighted by molar-refractivity contribution is 5.95. The summed E-state index contributed by atoms with van der Waals surface area (Å²) in [5.41, 5.74) is 1.67. The maximum absolute atomic E-state index is 12.9. The Kier molecular flexibility index (Phi) is 5.78. The van der Waals surface area contributed by atoms with Crippen LogP contribution in [0.15, 0.2) is 36.9 Å². The van der Waals surface area contributed by atoms with E-state index in [1.54, 1.807) is 11.0 Å². The molecule has 1 aromatic carbocycles. The van der Waals surface area contributed by atoms with Gasteiger partial charge in [-0.15, -0.1) is 0 Å². The van der Waals surface area contributed by atoms with Gasteiger partial charge in [-0.1, -0.05) is 25.1 Å². The summed E-state index contributed by atoms with van der Waals surface area (Å²) < 4.78 is 1.72. The topological polar surface area (TPSA) is 74.5 Å². The van der Waals surface area contributed by atoms with Gasteiger partial charge in [-0.05, 0) is 18.1 Å². The highest BCUT2D eigenvalue weighted by Crippen LogP contribution is 2.15. The first-order valence-corrected chi connectivity index (χ1v) is 8.77. The third-order valence-corrected chi connectivity index (χ3v) is 4.65. The predicted molar refractivity (Wildman–Crippen MR) is 94.2 cm³/mol. The smallest absolute Gasteiger partial charge is 0.254 e. The van der Waals surface area contributed by atoms with Gasteiger partial charge in [0.25, 0.3) is 5.91 Å². The first-order chi connectivity index (χ1) is 12.2. The van der Waals surface area contributed by atoms with Gasteiger partial charge in [-0.2, -0.15) is 5.10 Å². The number of hydrogen-bond donors (Lipinski definition) is 1. The Bertz CT molecular complexity index is 681. The first kappa shape index (κ1) is 17.6. The number of aliphatic hydroxyl groups is 1. The van der Waals surface area contributed by atoms with Crippen LogP contribution in [0.2, 0.25) is 0 Å². The Morgan fingerprint density at radius 2 is 2.00 bits per heavy atom. The van der Waals surface area contributed by atoms with Crippen molar-refractivity contribution in [2.45, 2.75) is 26.0 Å². The molecule has 3 rings (SSSR count). The number of rotatable bonds is 6. The number of carbonyl (C=O) groups is 1. The molecule has 0 aliphatic carbocycles. The molecule has 1 saturated heterocycles. The molecule has 1 fully saturated rings. The van der Waals surface area contributed by atoms with E-state index in [1.165, 1.54) is 6.33 Å². The largest absolute Gasteiger partial charge is 0.392 e. The summed E-state index contributed by atoms with van der Waals surface area (Å²) in [4.78, 5) is 21.0. The standard InChI is InChI=1S/C18H25N5O2/c1-2-16(24)12-21-7-9-22(10-8-21)18(25)17-6-4-3-5-15(17)11-23-14-19-13-20-23/h3-6,13-14,16,24H,2,7-12H2,1H3. The summed E-state index contributed by atoms with van der Waals surface area (Å²) in [7, 11) is 0. The summed E-state index contributed by atoms with van der Waals surface area (Å²) in [6.45, 7) is 6.17. The minimum atomic E-state index is -0.286. The van der Waals surface area contributed by atoms with E-state index in [0.29, 0.717) is 26.2 Å². The van der Waals surface area contributed by atoms with Crippen LogP contribution < -0.4 is 0 Å². The molecule has 1 N–H and O–H groups in total. The second-order valence-electron chi connectivity index (χ2n) is 6.41. The van der Waals surface area contributed by atoms with Crippen LogP contribution in [0.4, 0.5) is 0 Å². The van der Waals surface area contributed by atoms with E-state index < -0.39 is 0 Å². The minimum Gasteiger partial charge on any atom is -0.392 e. The molecule has 7 heteroatoms. The number of β-amino-alcohol motifs (C(OH)–C–C–N with tert-alkyl or cyclic N) is 1. The van der Waals surface area contributed by atoms with Gasteiger partial charge < -0.3 is 10.0 Å². The number of piperazine rings is 1. The lowest BCUT2D eigenvalue weighted by atomic mass is 10.1. The minimum absolute atomic E-state index is 0.0615. The molecule has 0 spiro atoms. The zero-order chi connectivity index (χ0) is 17.6. The van der Waals surface area contributed by atoms with Crippen molar-refractivity contribution in [1.82, 2.24) is 24.6 Å². The molecule has 134 valence electrons. The number of hydrogen-bond acceptors (Lipinski definition) is 5. The molecule has 1 aromatic heterocycles. The Hall–Kier alpha value is -2.25. The molecule has 0 saturated carbocycles. The van der Waals surface area contributed by atoms with E-state index in [0.717, 1.165) is 30.6 Å². The summed E-state index contributed by atoms with van der Waals surface area (Å²) >= 11 is 0. The molecule has 2 aromatic rings. The maximum Gasteiger partial charge on any atom is 0.254 e. The molecule has 7 nitrogen and oxygen atoms in total. The number of carbonyl (C=O) groups excluding carboxylic acids is 1. The summed E-state index contributed by atoms with van der Waals surface area (Å²) in [6.07, 6.45) is 3.62. The van der Waals surface area contributed by atoms with Gasteiger partial charge in [-0.3, -0.25) is 9.69 Å². The Balaban J connectivity index is 1.64. The quantitative estimate of drug-likeness (QED) is 0.842. The molecule has 1 aliphatic rings.